The van der Waals surface area contributed by atoms with Crippen LogP contribution in [0.3, 0.4) is 0 Å². The number of fused-ring (bicyclic) bond motifs is 1. The van der Waals surface area contributed by atoms with Crippen molar-refractivity contribution in [1.82, 2.24) is 25.3 Å². The Kier molecular flexibility index (Phi) is 3.36. The van der Waals surface area contributed by atoms with Gasteiger partial charge in [0, 0.05) is 25.6 Å². The molecule has 1 unspecified atom stereocenters. The van der Waals surface area contributed by atoms with Gasteiger partial charge in [-0.2, -0.15) is 9.97 Å². The number of anilines is 2. The molecule has 0 saturated carbocycles. The summed E-state index contributed by atoms with van der Waals surface area (Å²) in [6.45, 7) is 3.34. The van der Waals surface area contributed by atoms with Crippen LogP contribution in [-0.4, -0.2) is 45.0 Å². The maximum Gasteiger partial charge on any atom is 0.226 e. The van der Waals surface area contributed by atoms with Gasteiger partial charge in [0.15, 0.2) is 11.5 Å². The van der Waals surface area contributed by atoms with Gasteiger partial charge < -0.3 is 20.9 Å². The zero-order chi connectivity index (χ0) is 13.9. The monoisotopic (exact) mass is 275 g/mol. The quantitative estimate of drug-likeness (QED) is 0.646. The fourth-order valence-corrected chi connectivity index (χ4v) is 2.22. The van der Waals surface area contributed by atoms with E-state index in [1.165, 1.54) is 0 Å². The lowest BCUT2D eigenvalue weighted by atomic mass is 10.1. The number of hydrogen-bond acceptors (Lipinski definition) is 6. The normalized spacial score (nSPS) is 18.9. The fourth-order valence-electron chi connectivity index (χ4n) is 2.22. The molecule has 0 spiro atoms. The van der Waals surface area contributed by atoms with Gasteiger partial charge in [-0.3, -0.25) is 4.79 Å². The molecule has 3 heterocycles. The summed E-state index contributed by atoms with van der Waals surface area (Å²) in [7, 11) is 0. The van der Waals surface area contributed by atoms with E-state index in [0.717, 1.165) is 18.5 Å². The van der Waals surface area contributed by atoms with Crippen molar-refractivity contribution in [2.24, 2.45) is 0 Å². The van der Waals surface area contributed by atoms with E-state index in [1.54, 1.807) is 6.33 Å². The minimum absolute atomic E-state index is 0.103. The summed E-state index contributed by atoms with van der Waals surface area (Å²) < 4.78 is 0. The van der Waals surface area contributed by atoms with E-state index < -0.39 is 0 Å². The molecule has 0 radical (unpaired) electrons. The Morgan fingerprint density at radius 3 is 3.10 bits per heavy atom. The second kappa shape index (κ2) is 5.32. The third kappa shape index (κ3) is 2.49. The zero-order valence-corrected chi connectivity index (χ0v) is 11.2. The summed E-state index contributed by atoms with van der Waals surface area (Å²) in [6.07, 6.45) is 2.93. The summed E-state index contributed by atoms with van der Waals surface area (Å²) in [4.78, 5) is 27.2. The first-order valence-corrected chi connectivity index (χ1v) is 6.74. The molecule has 2 aromatic heterocycles. The van der Waals surface area contributed by atoms with Gasteiger partial charge in [0.05, 0.1) is 6.33 Å². The third-order valence-corrected chi connectivity index (χ3v) is 3.23. The van der Waals surface area contributed by atoms with Gasteiger partial charge in [-0.1, -0.05) is 0 Å². The average Bonchev–Trinajstić information content (AvgIpc) is 2.90. The van der Waals surface area contributed by atoms with E-state index in [1.807, 2.05) is 6.92 Å². The van der Waals surface area contributed by atoms with Crippen LogP contribution in [-0.2, 0) is 4.79 Å². The third-order valence-electron chi connectivity index (χ3n) is 3.23. The molecule has 0 aromatic carbocycles. The lowest BCUT2D eigenvalue weighted by Gasteiger charge is -2.24. The number of piperidine rings is 1. The smallest absolute Gasteiger partial charge is 0.226 e. The summed E-state index contributed by atoms with van der Waals surface area (Å²) >= 11 is 0. The number of carbonyl (C=O) groups is 1. The molecule has 1 atom stereocenters. The number of hydrogen-bond donors (Lipinski definition) is 4. The molecule has 8 nitrogen and oxygen atoms in total. The minimum Gasteiger partial charge on any atom is -0.364 e. The molecule has 1 saturated heterocycles. The van der Waals surface area contributed by atoms with Crippen LogP contribution in [0, 0.1) is 0 Å². The highest BCUT2D eigenvalue weighted by molar-refractivity contribution is 5.84. The number of H-pyrrole nitrogens is 1. The van der Waals surface area contributed by atoms with Crippen LogP contribution in [0.4, 0.5) is 11.8 Å². The fraction of sp³-hybridized carbons (Fsp3) is 0.500. The first-order valence-electron chi connectivity index (χ1n) is 6.74. The van der Waals surface area contributed by atoms with Gasteiger partial charge in [-0.15, -0.1) is 0 Å². The van der Waals surface area contributed by atoms with Crippen molar-refractivity contribution in [3.63, 3.8) is 0 Å². The van der Waals surface area contributed by atoms with Crippen molar-refractivity contribution in [2.45, 2.75) is 25.8 Å². The SMILES string of the molecule is CCNc1nc(NC2CCC(=O)NC2)c2[nH]cnc2n1. The number of aromatic nitrogens is 4. The van der Waals surface area contributed by atoms with Gasteiger partial charge >= 0.3 is 0 Å². The van der Waals surface area contributed by atoms with Crippen LogP contribution in [0.5, 0.6) is 0 Å². The number of carbonyl (C=O) groups excluding carboxylic acids is 1. The van der Waals surface area contributed by atoms with Gasteiger partial charge in [0.2, 0.25) is 11.9 Å². The van der Waals surface area contributed by atoms with E-state index in [9.17, 15) is 4.79 Å². The lowest BCUT2D eigenvalue weighted by molar-refractivity contribution is -0.122. The average molecular weight is 275 g/mol. The number of imidazole rings is 1. The van der Waals surface area contributed by atoms with Crippen molar-refractivity contribution in [1.29, 1.82) is 0 Å². The molecule has 0 bridgehead atoms. The predicted molar refractivity (Wildman–Crippen MR) is 75.5 cm³/mol. The molecule has 0 aliphatic carbocycles. The maximum atomic E-state index is 11.2. The first-order chi connectivity index (χ1) is 9.76. The molecule has 8 heteroatoms. The number of aromatic amines is 1. The molecule has 1 aliphatic heterocycles. The van der Waals surface area contributed by atoms with Crippen LogP contribution in [0.1, 0.15) is 19.8 Å². The molecular weight excluding hydrogens is 258 g/mol. The Morgan fingerprint density at radius 1 is 1.45 bits per heavy atom. The van der Waals surface area contributed by atoms with Crippen LogP contribution in [0.2, 0.25) is 0 Å². The van der Waals surface area contributed by atoms with Crippen molar-refractivity contribution >= 4 is 28.8 Å². The Hall–Kier alpha value is -2.38. The van der Waals surface area contributed by atoms with E-state index in [0.29, 0.717) is 30.4 Å². The molecule has 1 amide bonds. The lowest BCUT2D eigenvalue weighted by Crippen LogP contribution is -2.42. The van der Waals surface area contributed by atoms with Gasteiger partial charge in [0.25, 0.3) is 0 Å². The van der Waals surface area contributed by atoms with E-state index >= 15 is 0 Å². The molecule has 20 heavy (non-hydrogen) atoms. The van der Waals surface area contributed by atoms with Gasteiger partial charge in [0.1, 0.15) is 5.52 Å². The molecule has 106 valence electrons. The summed E-state index contributed by atoms with van der Waals surface area (Å²) in [5.74, 6) is 1.37. The van der Waals surface area contributed by atoms with Crippen molar-refractivity contribution in [3.8, 4) is 0 Å². The molecule has 1 aliphatic rings. The first kappa shape index (κ1) is 12.6. The molecular formula is C12H17N7O. The topological polar surface area (TPSA) is 108 Å². The highest BCUT2D eigenvalue weighted by Gasteiger charge is 2.20. The second-order valence-corrected chi connectivity index (χ2v) is 4.71. The Morgan fingerprint density at radius 2 is 2.35 bits per heavy atom. The van der Waals surface area contributed by atoms with Crippen molar-refractivity contribution in [3.05, 3.63) is 6.33 Å². The largest absolute Gasteiger partial charge is 0.364 e. The summed E-state index contributed by atoms with van der Waals surface area (Å²) in [5, 5.41) is 9.29. The van der Waals surface area contributed by atoms with Gasteiger partial charge in [-0.05, 0) is 13.3 Å². The van der Waals surface area contributed by atoms with E-state index in [2.05, 4.69) is 35.9 Å². The standard InChI is InChI=1S/C12H17N7O/c1-2-13-12-18-10-9(15-6-16-10)11(19-12)17-7-3-4-8(20)14-5-7/h6-7H,2-5H2,1H3,(H,14,20)(H3,13,15,16,17,18,19). The van der Waals surface area contributed by atoms with Crippen LogP contribution in [0.15, 0.2) is 6.33 Å². The predicted octanol–water partition coefficient (Wildman–Crippen LogP) is 0.475. The van der Waals surface area contributed by atoms with Crippen molar-refractivity contribution in [2.75, 3.05) is 23.7 Å². The van der Waals surface area contributed by atoms with Crippen LogP contribution >= 0.6 is 0 Å². The Bertz CT molecular complexity index is 613. The Balaban J connectivity index is 1.85. The maximum absolute atomic E-state index is 11.2. The molecule has 1 fully saturated rings. The number of amides is 1. The molecule has 3 rings (SSSR count). The highest BCUT2D eigenvalue weighted by atomic mass is 16.1. The Labute approximate surface area is 115 Å². The number of nitrogens with zero attached hydrogens (tertiary/aromatic N) is 3. The number of nitrogens with one attached hydrogen (secondary N) is 4. The second-order valence-electron chi connectivity index (χ2n) is 4.71. The molecule has 2 aromatic rings. The van der Waals surface area contributed by atoms with Crippen molar-refractivity contribution < 1.29 is 4.79 Å². The van der Waals surface area contributed by atoms with Crippen LogP contribution in [0.25, 0.3) is 11.2 Å². The zero-order valence-electron chi connectivity index (χ0n) is 11.2. The number of rotatable bonds is 4. The van der Waals surface area contributed by atoms with Crippen LogP contribution < -0.4 is 16.0 Å². The highest BCUT2D eigenvalue weighted by Crippen LogP contribution is 2.20. The van der Waals surface area contributed by atoms with E-state index in [-0.39, 0.29) is 11.9 Å². The minimum atomic E-state index is 0.103. The summed E-state index contributed by atoms with van der Waals surface area (Å²) in [6, 6.07) is 0.170. The summed E-state index contributed by atoms with van der Waals surface area (Å²) in [5.41, 5.74) is 1.40. The van der Waals surface area contributed by atoms with E-state index in [4.69, 9.17) is 0 Å². The van der Waals surface area contributed by atoms with Gasteiger partial charge in [-0.25, -0.2) is 4.98 Å². The molecule has 4 N–H and O–H groups in total.